The first kappa shape index (κ1) is 116. The summed E-state index contributed by atoms with van der Waals surface area (Å²) in [4.78, 5) is 172. The zero-order chi connectivity index (χ0) is 107. The molecule has 1 amide bonds. The molecule has 0 spiro atoms. The summed E-state index contributed by atoms with van der Waals surface area (Å²) in [5, 5.41) is 156. The summed E-state index contributed by atoms with van der Waals surface area (Å²) in [6.45, 7) is 10.7. The summed E-state index contributed by atoms with van der Waals surface area (Å²) < 4.78 is 26.7. The summed E-state index contributed by atoms with van der Waals surface area (Å²) in [5.41, 5.74) is 6.02. The number of nitrogens with zero attached hydrogens (tertiary/aromatic N) is 12. The van der Waals surface area contributed by atoms with Crippen LogP contribution in [0.2, 0.25) is 15.1 Å². The van der Waals surface area contributed by atoms with E-state index in [0.29, 0.717) is 85.1 Å². The van der Waals surface area contributed by atoms with Crippen molar-refractivity contribution in [2.75, 3.05) is 51.0 Å². The third-order valence-electron chi connectivity index (χ3n) is 17.1. The number of nitrogens with two attached hydrogens (primary N) is 1. The number of non-ortho nitro benzene ring substituents is 4. The SMILES string of the molecule is CC(C)(C)OC(=O)c1c(-c2ccc(Cl)cc2)csc1N.CC(C)(C)OC(=O)c1c(-c2ccc(Cl)cc2)csc1NC(=O)c1sc2c([N+](=O)[O-])cccc2[n+]1O.CO.COC(=O)CS.COC(=O)CSc1c([N+](=O)[O-])cccc1[N+](=O)[O-].COC(=O)c1sc2c([N+](=O)[O-])cccc2[n+]1O.O=C(O)c1sc2c([N+](=O)[O-])cccc2[n+]1O.O=C(O)c1sc2c([N+](=O)[O-])cccc2[n+]1O.O=[N+]([O-])c1cccc([N+](=O)[O-])c1Cl. The number of halogens is 3. The number of carboxylic acids is 2. The number of aliphatic hydroxyl groups excluding tert-OH is 1. The number of aromatic nitrogens is 4. The number of carbonyl (C=O) groups is 8. The highest BCUT2D eigenvalue weighted by molar-refractivity contribution is 8.00. The fraction of sp³-hybridized carbons (Fsp3) is 0.171. The molecule has 6 heterocycles. The number of aromatic carboxylic acids is 2. The van der Waals surface area contributed by atoms with Gasteiger partial charge in [0.15, 0.2) is 28.7 Å². The molecule has 143 heavy (non-hydrogen) atoms. The predicted molar refractivity (Wildman–Crippen MR) is 522 cm³/mol. The van der Waals surface area contributed by atoms with Crippen molar-refractivity contribution < 1.29 is 156 Å². The predicted octanol–water partition coefficient (Wildman–Crippen LogP) is 17.3. The molecular formula is C82H73Cl3N14O36S8+4. The monoisotopic (exact) mass is 2190 g/mol. The van der Waals surface area contributed by atoms with Crippen LogP contribution in [0.1, 0.15) is 101 Å². The van der Waals surface area contributed by atoms with Crippen molar-refractivity contribution >= 4 is 271 Å². The van der Waals surface area contributed by atoms with E-state index < -0.39 is 120 Å². The Morgan fingerprint density at radius 1 is 0.413 bits per heavy atom. The molecule has 14 aromatic rings. The average Bonchev–Trinajstić information content (AvgIpc) is 1.62. The van der Waals surface area contributed by atoms with Crippen molar-refractivity contribution in [3.63, 3.8) is 0 Å². The molecule has 8 aromatic carbocycles. The van der Waals surface area contributed by atoms with Gasteiger partial charge in [-0.15, -0.1) is 34.4 Å². The van der Waals surface area contributed by atoms with E-state index in [2.05, 4.69) is 32.2 Å². The molecule has 0 unspecified atom stereocenters. The van der Waals surface area contributed by atoms with Gasteiger partial charge in [-0.25, -0.2) is 24.0 Å². The smallest absolute Gasteiger partial charge is 0.419 e. The Balaban J connectivity index is 0.000000258. The maximum absolute atomic E-state index is 13.1. The number of nitrogen functional groups attached to an aromatic ring is 1. The van der Waals surface area contributed by atoms with Crippen molar-refractivity contribution in [3.05, 3.63) is 296 Å². The summed E-state index contributed by atoms with van der Waals surface area (Å²) in [5.74, 6) is -6.18. The lowest BCUT2D eigenvalue weighted by Gasteiger charge is -2.20. The van der Waals surface area contributed by atoms with E-state index in [-0.39, 0.29) is 117 Å². The molecule has 0 bridgehead atoms. The summed E-state index contributed by atoms with van der Waals surface area (Å²) in [7, 11) is 4.66. The van der Waals surface area contributed by atoms with Crippen molar-refractivity contribution in [1.82, 2.24) is 0 Å². The van der Waals surface area contributed by atoms with Gasteiger partial charge in [-0.2, -0.15) is 12.6 Å². The molecule has 6 aromatic heterocycles. The van der Waals surface area contributed by atoms with Crippen molar-refractivity contribution in [2.24, 2.45) is 0 Å². The molecule has 0 saturated heterocycles. The summed E-state index contributed by atoms with van der Waals surface area (Å²) >= 11 is 27.0. The number of aliphatic hydroxyl groups is 1. The molecule has 0 radical (unpaired) electrons. The van der Waals surface area contributed by atoms with Gasteiger partial charge in [0.25, 0.3) is 67.6 Å². The number of thiophene rings is 2. The number of rotatable bonds is 21. The third-order valence-corrected chi connectivity index (χ3v) is 25.7. The highest BCUT2D eigenvalue weighted by Crippen LogP contribution is 2.43. The first-order chi connectivity index (χ1) is 67.1. The number of anilines is 2. The number of carboxylic acid groups (broad SMARTS) is 2. The minimum Gasteiger partial charge on any atom is -0.472 e. The van der Waals surface area contributed by atoms with Gasteiger partial charge in [0, 0.05) is 131 Å². The minimum atomic E-state index is -1.34. The molecule has 0 atom stereocenters. The van der Waals surface area contributed by atoms with Crippen LogP contribution in [0.15, 0.2) is 173 Å². The number of nitro groups is 8. The second-order valence-corrected chi connectivity index (χ2v) is 36.9. The molecule has 752 valence electrons. The molecule has 0 aliphatic carbocycles. The molecule has 50 nitrogen and oxygen atoms in total. The fourth-order valence-corrected chi connectivity index (χ4v) is 18.5. The number of benzene rings is 8. The number of nitrogens with one attached hydrogen (secondary N) is 1. The van der Waals surface area contributed by atoms with Gasteiger partial charge in [0.2, 0.25) is 0 Å². The van der Waals surface area contributed by atoms with Gasteiger partial charge in [-0.05, 0) is 159 Å². The van der Waals surface area contributed by atoms with E-state index in [4.69, 9.17) is 65.3 Å². The average molecular weight is 2190 g/mol. The molecular weight excluding hydrogens is 2120 g/mol. The minimum absolute atomic E-state index is 0.108. The second-order valence-electron chi connectivity index (χ2n) is 28.6. The molecule has 0 aliphatic heterocycles. The molecule has 61 heteroatoms. The Morgan fingerprint density at radius 3 is 1.02 bits per heavy atom. The highest BCUT2D eigenvalue weighted by Gasteiger charge is 2.39. The number of thiol groups is 1. The Hall–Kier alpha value is -15.8. The fourth-order valence-electron chi connectivity index (χ4n) is 11.1. The van der Waals surface area contributed by atoms with Crippen LogP contribution in [0.5, 0.6) is 0 Å². The van der Waals surface area contributed by atoms with Crippen LogP contribution in [-0.2, 0) is 33.3 Å². The third kappa shape index (κ3) is 30.4. The number of esters is 5. The summed E-state index contributed by atoms with van der Waals surface area (Å²) in [6, 6.07) is 37.5. The van der Waals surface area contributed by atoms with Gasteiger partial charge in [-0.3, -0.25) is 116 Å². The largest absolute Gasteiger partial charge is 0.472 e. The molecule has 0 aliphatic rings. The Bertz CT molecular complexity index is 7070. The zero-order valence-corrected chi connectivity index (χ0v) is 83.3. The van der Waals surface area contributed by atoms with Crippen molar-refractivity contribution in [1.29, 1.82) is 0 Å². The Kier molecular flexibility index (Phi) is 42.1. The first-order valence-corrected chi connectivity index (χ1v) is 46.3. The van der Waals surface area contributed by atoms with Gasteiger partial charge in [0.1, 0.15) is 32.3 Å². The lowest BCUT2D eigenvalue weighted by molar-refractivity contribution is -0.883. The Labute approximate surface area is 848 Å². The van der Waals surface area contributed by atoms with E-state index in [9.17, 15) is 140 Å². The van der Waals surface area contributed by atoms with Gasteiger partial charge in [-0.1, -0.05) is 59.1 Å². The zero-order valence-electron chi connectivity index (χ0n) is 74.4. The number of carbonyl (C=O) groups excluding carboxylic acids is 6. The van der Waals surface area contributed by atoms with Crippen LogP contribution in [0, 0.1) is 80.9 Å². The van der Waals surface area contributed by atoms with Crippen molar-refractivity contribution in [3.8, 4) is 22.3 Å². The van der Waals surface area contributed by atoms with Gasteiger partial charge < -0.3 is 50.1 Å². The number of thioether (sulfide) groups is 1. The van der Waals surface area contributed by atoms with Crippen LogP contribution in [0.3, 0.4) is 0 Å². The van der Waals surface area contributed by atoms with E-state index >= 15 is 0 Å². The lowest BCUT2D eigenvalue weighted by atomic mass is 10.0. The van der Waals surface area contributed by atoms with Crippen LogP contribution >= 0.6 is 127 Å². The maximum Gasteiger partial charge on any atom is 0.419 e. The normalized spacial score (nSPS) is 10.5. The standard InChI is InChI=1S/C23H18ClN3O6S2.C15H16ClNO2S.C9H8N2O6S.C9H7N2O5S.2C8H4N2O5S.C6H3ClN2O4.C3H6O2S.CH4O/c1-23(2,3)33-22(29)17-14(12-7-9-13(24)10-8-12)11-34-20(17)25-19(28)21-26(30)15-5-4-6-16(27(31)32)18(15)35-21;1-15(2,3)19-14(18)12-11(8-20-13(12)17)9-4-6-10(16)7-5-9;1-17-8(12)5-18-9-6(10(13)14)3-2-4-7(9)11(15)16;1-16-9(12)8-10(13)5-3-2-4-6(11(14)15)7(5)17-8;2*11-8(12)7-9(13)4-2-1-3-5(10(14)15)6(4)16-7;7-6-4(8(10)11)2-1-3-5(6)9(12)13;1-5-3(4)2-6;1-2/h4-11H,1-3H3,(H-,25,28,29,30);4-8H,17H2,1-3H3;2-4H,5H2,1H3;2-4,13H,1H3;2*1-3H,(H-,11,12,13);1-3H;6H,2H2,1H3;2H,1H3/q;;;+1;;;;;/p+3. The van der Waals surface area contributed by atoms with E-state index in [1.165, 1.54) is 110 Å². The number of methoxy groups -OCH3 is 3. The van der Waals surface area contributed by atoms with E-state index in [1.807, 2.05) is 38.3 Å². The summed E-state index contributed by atoms with van der Waals surface area (Å²) in [6.07, 6.45) is 0. The van der Waals surface area contributed by atoms with Crippen molar-refractivity contribution in [2.45, 2.75) is 57.6 Å². The number of nitro benzene ring substituents is 8. The number of amides is 1. The maximum atomic E-state index is 13.1. The Morgan fingerprint density at radius 2 is 0.706 bits per heavy atom. The van der Waals surface area contributed by atoms with Crippen LogP contribution in [-0.4, -0.2) is 174 Å². The number of hydrogen-bond donors (Lipinski definition) is 10. The van der Waals surface area contributed by atoms with Gasteiger partial charge in [0.05, 0.1) is 72.2 Å². The molecule has 14 rings (SSSR count). The topological polar surface area (TPSA) is 723 Å². The number of fused-ring (bicyclic) bond motifs is 4. The number of thiazole rings is 4. The second kappa shape index (κ2) is 51.9. The molecule has 0 saturated carbocycles. The lowest BCUT2D eigenvalue weighted by Crippen LogP contribution is -2.37. The molecule has 10 N–H and O–H groups in total. The van der Waals surface area contributed by atoms with Crippen LogP contribution in [0.4, 0.5) is 55.5 Å². The van der Waals surface area contributed by atoms with Gasteiger partial charge >= 0.3 is 67.7 Å². The van der Waals surface area contributed by atoms with E-state index in [0.717, 1.165) is 83.6 Å². The van der Waals surface area contributed by atoms with Crippen LogP contribution < -0.4 is 30.0 Å². The highest BCUT2D eigenvalue weighted by atomic mass is 35.5. The molecule has 0 fully saturated rings. The first-order valence-electron chi connectivity index (χ1n) is 38.5. The quantitative estimate of drug-likeness (QED) is 0.00467. The van der Waals surface area contributed by atoms with Crippen LogP contribution in [0.25, 0.3) is 63.1 Å². The number of hydrogen-bond acceptors (Lipinski definition) is 43. The van der Waals surface area contributed by atoms with E-state index in [1.54, 1.807) is 62.5 Å². The number of ether oxygens (including phenoxy) is 5.